The Kier molecular flexibility index (Phi) is 3.19. The van der Waals surface area contributed by atoms with Gasteiger partial charge < -0.3 is 4.74 Å². The summed E-state index contributed by atoms with van der Waals surface area (Å²) >= 11 is 3.37. The van der Waals surface area contributed by atoms with Gasteiger partial charge in [0.2, 0.25) is 5.88 Å². The molecule has 1 aromatic heterocycles. The molecule has 0 unspecified atom stereocenters. The molecule has 0 fully saturated rings. The van der Waals surface area contributed by atoms with E-state index in [-0.39, 0.29) is 0 Å². The first-order valence-corrected chi connectivity index (χ1v) is 5.68. The summed E-state index contributed by atoms with van der Waals surface area (Å²) in [6.45, 7) is 3.84. The van der Waals surface area contributed by atoms with E-state index >= 15 is 0 Å². The normalized spacial score (nSPS) is 10.2. The first-order chi connectivity index (χ1) is 7.65. The molecule has 2 aromatic rings. The van der Waals surface area contributed by atoms with Gasteiger partial charge in [0.25, 0.3) is 0 Å². The third kappa shape index (κ3) is 2.58. The summed E-state index contributed by atoms with van der Waals surface area (Å²) in [7, 11) is 0. The second-order valence-corrected chi connectivity index (χ2v) is 4.35. The predicted octanol–water partition coefficient (Wildman–Crippen LogP) is 3.65. The highest BCUT2D eigenvalue weighted by molar-refractivity contribution is 9.10. The molecule has 0 aliphatic carbocycles. The van der Waals surface area contributed by atoms with Crippen LogP contribution in [0.5, 0.6) is 11.6 Å². The molecule has 1 heterocycles. The SMILES string of the molecule is Cc1ncc(Oc2ccc(Br)cc2)nc1C. The number of halogens is 1. The molecule has 0 N–H and O–H groups in total. The average Bonchev–Trinajstić information content (AvgIpc) is 2.27. The molecule has 3 nitrogen and oxygen atoms in total. The molecular formula is C12H11BrN2O. The lowest BCUT2D eigenvalue weighted by Gasteiger charge is -2.05. The minimum atomic E-state index is 0.519. The lowest BCUT2D eigenvalue weighted by Crippen LogP contribution is -1.94. The van der Waals surface area contributed by atoms with Crippen molar-refractivity contribution in [3.05, 3.63) is 46.3 Å². The predicted molar refractivity (Wildman–Crippen MR) is 65.7 cm³/mol. The van der Waals surface area contributed by atoms with Crippen molar-refractivity contribution in [2.75, 3.05) is 0 Å². The molecule has 0 amide bonds. The van der Waals surface area contributed by atoms with Gasteiger partial charge in [-0.15, -0.1) is 0 Å². The lowest BCUT2D eigenvalue weighted by atomic mass is 10.3. The maximum absolute atomic E-state index is 5.57. The Morgan fingerprint density at radius 3 is 2.38 bits per heavy atom. The number of rotatable bonds is 2. The molecule has 0 radical (unpaired) electrons. The minimum Gasteiger partial charge on any atom is -0.437 e. The maximum Gasteiger partial charge on any atom is 0.238 e. The topological polar surface area (TPSA) is 35.0 Å². The van der Waals surface area contributed by atoms with Gasteiger partial charge in [-0.05, 0) is 38.1 Å². The first-order valence-electron chi connectivity index (χ1n) is 4.89. The van der Waals surface area contributed by atoms with Gasteiger partial charge in [0.05, 0.1) is 17.6 Å². The summed E-state index contributed by atoms with van der Waals surface area (Å²) in [6, 6.07) is 7.59. The smallest absolute Gasteiger partial charge is 0.238 e. The molecule has 1 aromatic carbocycles. The Hall–Kier alpha value is -1.42. The van der Waals surface area contributed by atoms with Crippen LogP contribution in [-0.4, -0.2) is 9.97 Å². The Morgan fingerprint density at radius 2 is 1.75 bits per heavy atom. The number of nitrogens with zero attached hydrogens (tertiary/aromatic N) is 2. The van der Waals surface area contributed by atoms with E-state index in [4.69, 9.17) is 4.74 Å². The number of ether oxygens (including phenoxy) is 1. The van der Waals surface area contributed by atoms with E-state index in [1.54, 1.807) is 6.20 Å². The summed E-state index contributed by atoms with van der Waals surface area (Å²) in [5, 5.41) is 0. The number of benzene rings is 1. The molecule has 0 saturated carbocycles. The van der Waals surface area contributed by atoms with Crippen molar-refractivity contribution in [3.63, 3.8) is 0 Å². The van der Waals surface area contributed by atoms with Crippen molar-refractivity contribution in [1.82, 2.24) is 9.97 Å². The maximum atomic E-state index is 5.57. The second-order valence-electron chi connectivity index (χ2n) is 3.44. The van der Waals surface area contributed by atoms with Crippen molar-refractivity contribution >= 4 is 15.9 Å². The van der Waals surface area contributed by atoms with Gasteiger partial charge in [0.1, 0.15) is 5.75 Å². The molecule has 0 aliphatic rings. The highest BCUT2D eigenvalue weighted by Gasteiger charge is 2.01. The molecule has 16 heavy (non-hydrogen) atoms. The van der Waals surface area contributed by atoms with Gasteiger partial charge in [0.15, 0.2) is 0 Å². The highest BCUT2D eigenvalue weighted by atomic mass is 79.9. The molecule has 4 heteroatoms. The molecule has 0 bridgehead atoms. The van der Waals surface area contributed by atoms with Gasteiger partial charge in [-0.25, -0.2) is 4.98 Å². The van der Waals surface area contributed by atoms with Crippen LogP contribution in [0.3, 0.4) is 0 Å². The van der Waals surface area contributed by atoms with E-state index in [0.29, 0.717) is 5.88 Å². The van der Waals surface area contributed by atoms with E-state index in [1.807, 2.05) is 38.1 Å². The number of aryl methyl sites for hydroxylation is 2. The van der Waals surface area contributed by atoms with Crippen LogP contribution < -0.4 is 4.74 Å². The third-order valence-corrected chi connectivity index (χ3v) is 2.73. The van der Waals surface area contributed by atoms with Crippen LogP contribution in [0.1, 0.15) is 11.4 Å². The quantitative estimate of drug-likeness (QED) is 0.841. The Labute approximate surface area is 103 Å². The number of hydrogen-bond donors (Lipinski definition) is 0. The van der Waals surface area contributed by atoms with Gasteiger partial charge in [0, 0.05) is 4.47 Å². The summed E-state index contributed by atoms with van der Waals surface area (Å²) in [4.78, 5) is 8.49. The Balaban J connectivity index is 2.20. The summed E-state index contributed by atoms with van der Waals surface area (Å²) < 4.78 is 6.59. The standard InChI is InChI=1S/C12H11BrN2O/c1-8-9(2)15-12(7-14-8)16-11-5-3-10(13)4-6-11/h3-7H,1-2H3. The molecule has 82 valence electrons. The average molecular weight is 279 g/mol. The van der Waals surface area contributed by atoms with Crippen molar-refractivity contribution < 1.29 is 4.74 Å². The van der Waals surface area contributed by atoms with E-state index < -0.39 is 0 Å². The molecule has 0 spiro atoms. The van der Waals surface area contributed by atoms with Gasteiger partial charge in [-0.3, -0.25) is 4.98 Å². The highest BCUT2D eigenvalue weighted by Crippen LogP contribution is 2.21. The zero-order chi connectivity index (χ0) is 11.5. The van der Waals surface area contributed by atoms with Crippen LogP contribution >= 0.6 is 15.9 Å². The van der Waals surface area contributed by atoms with Crippen LogP contribution in [0.15, 0.2) is 34.9 Å². The van der Waals surface area contributed by atoms with Crippen LogP contribution in [0, 0.1) is 13.8 Å². The van der Waals surface area contributed by atoms with Crippen molar-refractivity contribution in [1.29, 1.82) is 0 Å². The van der Waals surface area contributed by atoms with E-state index in [9.17, 15) is 0 Å². The second kappa shape index (κ2) is 4.61. The van der Waals surface area contributed by atoms with E-state index in [0.717, 1.165) is 21.6 Å². The van der Waals surface area contributed by atoms with E-state index in [2.05, 4.69) is 25.9 Å². The van der Waals surface area contributed by atoms with Crippen LogP contribution in [0.4, 0.5) is 0 Å². The number of aromatic nitrogens is 2. The van der Waals surface area contributed by atoms with Crippen LogP contribution in [-0.2, 0) is 0 Å². The summed E-state index contributed by atoms with van der Waals surface area (Å²) in [5.74, 6) is 1.27. The third-order valence-electron chi connectivity index (χ3n) is 2.21. The fourth-order valence-corrected chi connectivity index (χ4v) is 1.46. The van der Waals surface area contributed by atoms with Gasteiger partial charge >= 0.3 is 0 Å². The first kappa shape index (κ1) is 11.1. The minimum absolute atomic E-state index is 0.519. The van der Waals surface area contributed by atoms with Gasteiger partial charge in [-0.1, -0.05) is 15.9 Å². The van der Waals surface area contributed by atoms with Crippen molar-refractivity contribution in [2.24, 2.45) is 0 Å². The largest absolute Gasteiger partial charge is 0.437 e. The van der Waals surface area contributed by atoms with Crippen molar-refractivity contribution in [2.45, 2.75) is 13.8 Å². The van der Waals surface area contributed by atoms with Crippen LogP contribution in [0.25, 0.3) is 0 Å². The fourth-order valence-electron chi connectivity index (χ4n) is 1.19. The zero-order valence-corrected chi connectivity index (χ0v) is 10.7. The number of hydrogen-bond acceptors (Lipinski definition) is 3. The van der Waals surface area contributed by atoms with Crippen molar-refractivity contribution in [3.8, 4) is 11.6 Å². The fraction of sp³-hybridized carbons (Fsp3) is 0.167. The zero-order valence-electron chi connectivity index (χ0n) is 9.07. The summed E-state index contributed by atoms with van der Waals surface area (Å²) in [6.07, 6.45) is 1.63. The molecule has 0 atom stereocenters. The molecule has 0 aliphatic heterocycles. The Morgan fingerprint density at radius 1 is 1.06 bits per heavy atom. The molecule has 0 saturated heterocycles. The monoisotopic (exact) mass is 278 g/mol. The molecular weight excluding hydrogens is 268 g/mol. The Bertz CT molecular complexity index is 497. The molecule has 2 rings (SSSR count). The van der Waals surface area contributed by atoms with Crippen LogP contribution in [0.2, 0.25) is 0 Å². The summed E-state index contributed by atoms with van der Waals surface area (Å²) in [5.41, 5.74) is 1.80. The lowest BCUT2D eigenvalue weighted by molar-refractivity contribution is 0.458. The van der Waals surface area contributed by atoms with E-state index in [1.165, 1.54) is 0 Å². The van der Waals surface area contributed by atoms with Gasteiger partial charge in [-0.2, -0.15) is 0 Å².